The molecule has 5 rings (SSSR count). The average molecular weight is 450 g/mol. The number of nitrogens with one attached hydrogen (secondary N) is 1. The predicted octanol–water partition coefficient (Wildman–Crippen LogP) is 4.40. The summed E-state index contributed by atoms with van der Waals surface area (Å²) in [6, 6.07) is 8.82. The molecule has 0 unspecified atom stereocenters. The number of aromatic nitrogens is 4. The third kappa shape index (κ3) is 3.59. The van der Waals surface area contributed by atoms with Gasteiger partial charge in [0.15, 0.2) is 5.13 Å². The molecule has 0 spiro atoms. The summed E-state index contributed by atoms with van der Waals surface area (Å²) in [6.45, 7) is 1.78. The lowest BCUT2D eigenvalue weighted by Gasteiger charge is -2.15. The van der Waals surface area contributed by atoms with Crippen molar-refractivity contribution in [1.82, 2.24) is 19.7 Å². The molecule has 3 heterocycles. The number of pyridine rings is 1. The number of aryl methyl sites for hydroxylation is 1. The first kappa shape index (κ1) is 20.5. The highest BCUT2D eigenvalue weighted by Crippen LogP contribution is 2.44. The maximum atomic E-state index is 15.2. The Morgan fingerprint density at radius 1 is 1.31 bits per heavy atom. The molecule has 0 atom stereocenters. The molecule has 0 fully saturated rings. The van der Waals surface area contributed by atoms with E-state index in [9.17, 15) is 4.79 Å². The van der Waals surface area contributed by atoms with Crippen LogP contribution < -0.4 is 5.32 Å². The van der Waals surface area contributed by atoms with Crippen LogP contribution in [0.1, 0.15) is 23.7 Å². The summed E-state index contributed by atoms with van der Waals surface area (Å²) in [5.41, 5.74) is 5.43. The van der Waals surface area contributed by atoms with Crippen molar-refractivity contribution in [1.29, 1.82) is 0 Å². The number of methoxy groups -OCH3 is 1. The van der Waals surface area contributed by atoms with Crippen molar-refractivity contribution in [3.63, 3.8) is 0 Å². The van der Waals surface area contributed by atoms with Crippen molar-refractivity contribution >= 4 is 22.4 Å². The Kier molecular flexibility index (Phi) is 5.28. The molecule has 0 bridgehead atoms. The van der Waals surface area contributed by atoms with Gasteiger partial charge in [0.05, 0.1) is 28.6 Å². The number of hydrogen-bond acceptors (Lipinski definition) is 6. The number of carbonyl (C=O) groups excluding carboxylic acids is 1. The maximum absolute atomic E-state index is 15.2. The zero-order valence-corrected chi connectivity index (χ0v) is 18.4. The number of rotatable bonds is 5. The van der Waals surface area contributed by atoms with E-state index < -0.39 is 0 Å². The Bertz CT molecular complexity index is 1320. The van der Waals surface area contributed by atoms with E-state index in [2.05, 4.69) is 15.3 Å². The summed E-state index contributed by atoms with van der Waals surface area (Å²) in [5.74, 6) is -0.568. The first-order chi connectivity index (χ1) is 15.5. The standard InChI is InChI=1S/C23H20FN5O2S/c1-13(30)26-23-27-18-7-6-16-20(15-4-3-9-25-11-15)28-29(21(16)22(18)32-23)19-8-5-14(12-31-2)10-17(19)24/h3-5,8-11H,6-7,12H2,1-2H3,(H,26,27,30). The van der Waals surface area contributed by atoms with Gasteiger partial charge in [-0.15, -0.1) is 0 Å². The van der Waals surface area contributed by atoms with E-state index >= 15 is 4.39 Å². The monoisotopic (exact) mass is 449 g/mol. The zero-order valence-electron chi connectivity index (χ0n) is 17.6. The summed E-state index contributed by atoms with van der Waals surface area (Å²) in [7, 11) is 1.58. The largest absolute Gasteiger partial charge is 0.380 e. The molecule has 0 saturated heterocycles. The van der Waals surface area contributed by atoms with E-state index in [1.165, 1.54) is 24.3 Å². The first-order valence-electron chi connectivity index (χ1n) is 10.1. The molecular formula is C23H20FN5O2S. The van der Waals surface area contributed by atoms with Crippen molar-refractivity contribution < 1.29 is 13.9 Å². The number of fused-ring (bicyclic) bond motifs is 3. The number of amides is 1. The number of anilines is 1. The van der Waals surface area contributed by atoms with Crippen molar-refractivity contribution in [2.45, 2.75) is 26.4 Å². The van der Waals surface area contributed by atoms with E-state index in [-0.39, 0.29) is 11.7 Å². The first-order valence-corrected chi connectivity index (χ1v) is 10.9. The number of nitrogens with zero attached hydrogens (tertiary/aromatic N) is 4. The minimum Gasteiger partial charge on any atom is -0.380 e. The van der Waals surface area contributed by atoms with E-state index in [0.717, 1.165) is 38.6 Å². The third-order valence-electron chi connectivity index (χ3n) is 5.28. The van der Waals surface area contributed by atoms with Crippen LogP contribution in [0, 0.1) is 5.82 Å². The fraction of sp³-hybridized carbons (Fsp3) is 0.217. The minimum atomic E-state index is -0.388. The van der Waals surface area contributed by atoms with Gasteiger partial charge in [-0.3, -0.25) is 9.78 Å². The number of carbonyl (C=O) groups is 1. The summed E-state index contributed by atoms with van der Waals surface area (Å²) >= 11 is 1.38. The van der Waals surface area contributed by atoms with Gasteiger partial charge < -0.3 is 10.1 Å². The highest BCUT2D eigenvalue weighted by Gasteiger charge is 2.30. The summed E-state index contributed by atoms with van der Waals surface area (Å²) in [6.07, 6.45) is 4.89. The van der Waals surface area contributed by atoms with E-state index in [1.807, 2.05) is 18.2 Å². The predicted molar refractivity (Wildman–Crippen MR) is 120 cm³/mol. The third-order valence-corrected chi connectivity index (χ3v) is 6.30. The van der Waals surface area contributed by atoms with Crippen molar-refractivity contribution in [2.75, 3.05) is 12.4 Å². The number of ether oxygens (including phenoxy) is 1. The number of benzene rings is 1. The molecule has 4 aromatic rings. The van der Waals surface area contributed by atoms with Gasteiger partial charge in [-0.25, -0.2) is 14.1 Å². The fourth-order valence-electron chi connectivity index (χ4n) is 3.96. The van der Waals surface area contributed by atoms with Gasteiger partial charge in [0.1, 0.15) is 11.5 Å². The Balaban J connectivity index is 1.72. The molecule has 162 valence electrons. The van der Waals surface area contributed by atoms with Gasteiger partial charge >= 0.3 is 0 Å². The van der Waals surface area contributed by atoms with Gasteiger partial charge in [0.25, 0.3) is 0 Å². The lowest BCUT2D eigenvalue weighted by Crippen LogP contribution is -2.08. The van der Waals surface area contributed by atoms with Crippen molar-refractivity contribution in [2.24, 2.45) is 0 Å². The number of halogens is 1. The number of hydrogen-bond donors (Lipinski definition) is 1. The van der Waals surface area contributed by atoms with Crippen LogP contribution in [0.2, 0.25) is 0 Å². The van der Waals surface area contributed by atoms with Crippen LogP contribution >= 0.6 is 11.3 Å². The summed E-state index contributed by atoms with van der Waals surface area (Å²) in [4.78, 5) is 21.3. The van der Waals surface area contributed by atoms with Crippen molar-refractivity contribution in [3.05, 3.63) is 65.4 Å². The van der Waals surface area contributed by atoms with Crippen LogP contribution in [0.25, 0.3) is 27.5 Å². The minimum absolute atomic E-state index is 0.180. The van der Waals surface area contributed by atoms with Crippen LogP contribution in [0.5, 0.6) is 0 Å². The maximum Gasteiger partial charge on any atom is 0.223 e. The van der Waals surface area contributed by atoms with Gasteiger partial charge in [0, 0.05) is 37.6 Å². The molecule has 7 nitrogen and oxygen atoms in total. The second-order valence-electron chi connectivity index (χ2n) is 7.52. The Hall–Kier alpha value is -3.43. The van der Waals surface area contributed by atoms with Gasteiger partial charge in [-0.2, -0.15) is 5.10 Å². The summed E-state index contributed by atoms with van der Waals surface area (Å²) < 4.78 is 22.0. The topological polar surface area (TPSA) is 81.9 Å². The molecule has 32 heavy (non-hydrogen) atoms. The molecule has 3 aromatic heterocycles. The van der Waals surface area contributed by atoms with E-state index in [0.29, 0.717) is 30.3 Å². The highest BCUT2D eigenvalue weighted by molar-refractivity contribution is 7.19. The van der Waals surface area contributed by atoms with Crippen LogP contribution in [0.15, 0.2) is 42.7 Å². The normalized spacial score (nSPS) is 12.3. The van der Waals surface area contributed by atoms with Crippen LogP contribution in [-0.2, 0) is 29.0 Å². The van der Waals surface area contributed by atoms with Gasteiger partial charge in [0.2, 0.25) is 5.91 Å². The molecule has 1 aromatic carbocycles. The number of thiazole rings is 1. The molecule has 1 N–H and O–H groups in total. The Labute approximate surface area is 187 Å². The zero-order chi connectivity index (χ0) is 22.2. The molecule has 1 amide bonds. The summed E-state index contributed by atoms with van der Waals surface area (Å²) in [5, 5.41) is 8.13. The fourth-order valence-corrected chi connectivity index (χ4v) is 5.08. The second kappa shape index (κ2) is 8.25. The average Bonchev–Trinajstić information content (AvgIpc) is 3.35. The van der Waals surface area contributed by atoms with Crippen LogP contribution in [0.3, 0.4) is 0 Å². The van der Waals surface area contributed by atoms with Crippen LogP contribution in [0.4, 0.5) is 9.52 Å². The molecule has 0 radical (unpaired) electrons. The molecule has 0 aliphatic heterocycles. The van der Waals surface area contributed by atoms with E-state index in [1.54, 1.807) is 30.3 Å². The van der Waals surface area contributed by atoms with Gasteiger partial charge in [-0.05, 0) is 42.7 Å². The van der Waals surface area contributed by atoms with Gasteiger partial charge in [-0.1, -0.05) is 17.4 Å². The Morgan fingerprint density at radius 2 is 2.19 bits per heavy atom. The smallest absolute Gasteiger partial charge is 0.223 e. The quantitative estimate of drug-likeness (QED) is 0.488. The molecular weight excluding hydrogens is 429 g/mol. The molecule has 1 aliphatic carbocycles. The molecule has 0 saturated carbocycles. The molecule has 1 aliphatic rings. The van der Waals surface area contributed by atoms with E-state index in [4.69, 9.17) is 9.84 Å². The second-order valence-corrected chi connectivity index (χ2v) is 8.52. The Morgan fingerprint density at radius 3 is 2.91 bits per heavy atom. The lowest BCUT2D eigenvalue weighted by molar-refractivity contribution is -0.114. The molecule has 9 heteroatoms. The van der Waals surface area contributed by atoms with Crippen LogP contribution in [-0.4, -0.2) is 32.8 Å². The highest BCUT2D eigenvalue weighted by atomic mass is 32.1. The lowest BCUT2D eigenvalue weighted by atomic mass is 9.95. The van der Waals surface area contributed by atoms with Crippen molar-refractivity contribution in [3.8, 4) is 27.5 Å². The SMILES string of the molecule is COCc1ccc(-n2nc(-c3cccnc3)c3c2-c2sc(NC(C)=O)nc2CC3)c(F)c1.